The Bertz CT molecular complexity index is 610. The Balaban J connectivity index is 2.10. The first-order valence-corrected chi connectivity index (χ1v) is 8.97. The summed E-state index contributed by atoms with van der Waals surface area (Å²) < 4.78 is 5.33. The quantitative estimate of drug-likeness (QED) is 0.737. The number of anilines is 2. The number of hydrogen-bond donors (Lipinski definition) is 3. The molecule has 1 saturated carbocycles. The molecule has 0 unspecified atom stereocenters. The summed E-state index contributed by atoms with van der Waals surface area (Å²) in [6.45, 7) is 3.79. The Hall–Kier alpha value is -2.08. The summed E-state index contributed by atoms with van der Waals surface area (Å²) in [7, 11) is 1.55. The van der Waals surface area contributed by atoms with Crippen LogP contribution in [-0.4, -0.2) is 25.0 Å². The summed E-state index contributed by atoms with van der Waals surface area (Å²) in [5, 5.41) is 5.75. The van der Waals surface area contributed by atoms with E-state index in [9.17, 15) is 9.59 Å². The van der Waals surface area contributed by atoms with Crippen LogP contribution in [0.2, 0.25) is 0 Å². The minimum absolute atomic E-state index is 0.0142. The van der Waals surface area contributed by atoms with Crippen molar-refractivity contribution in [3.05, 3.63) is 18.2 Å². The number of nitrogens with two attached hydrogens (primary N) is 1. The van der Waals surface area contributed by atoms with Crippen LogP contribution in [0.1, 0.15) is 46.0 Å². The molecule has 6 heteroatoms. The van der Waals surface area contributed by atoms with E-state index in [0.717, 1.165) is 25.7 Å². The van der Waals surface area contributed by atoms with Crippen molar-refractivity contribution in [3.63, 3.8) is 0 Å². The van der Waals surface area contributed by atoms with Crippen LogP contribution in [0, 0.1) is 11.8 Å². The number of nitrogens with one attached hydrogen (secondary N) is 2. The van der Waals surface area contributed by atoms with Crippen LogP contribution in [0.4, 0.5) is 11.4 Å². The van der Waals surface area contributed by atoms with Gasteiger partial charge in [-0.15, -0.1) is 0 Å². The highest BCUT2D eigenvalue weighted by Gasteiger charge is 2.22. The topological polar surface area (TPSA) is 93.4 Å². The maximum absolute atomic E-state index is 12.5. The van der Waals surface area contributed by atoms with Gasteiger partial charge < -0.3 is 21.1 Å². The summed E-state index contributed by atoms with van der Waals surface area (Å²) in [5.74, 6) is 0.426. The lowest BCUT2D eigenvalue weighted by Crippen LogP contribution is -2.39. The number of carbonyl (C=O) groups is 2. The van der Waals surface area contributed by atoms with Crippen molar-refractivity contribution in [3.8, 4) is 5.75 Å². The second kappa shape index (κ2) is 8.85. The average molecular weight is 347 g/mol. The van der Waals surface area contributed by atoms with Crippen LogP contribution in [-0.2, 0) is 9.59 Å². The van der Waals surface area contributed by atoms with Gasteiger partial charge in [-0.25, -0.2) is 0 Å². The standard InChI is InChI=1S/C19H29N3O3/c1-12(2)17(20)19(24)21-14-9-10-16(25-3)15(11-14)22-18(23)13-7-5-4-6-8-13/h9-13,17H,4-8,20H2,1-3H3,(H,21,24)(H,22,23)/t17-/m0/s1. The number of rotatable bonds is 6. The third kappa shape index (κ3) is 5.19. The first-order chi connectivity index (χ1) is 11.9. The third-order valence-corrected chi connectivity index (χ3v) is 4.72. The Morgan fingerprint density at radius 1 is 1.16 bits per heavy atom. The van der Waals surface area contributed by atoms with Crippen molar-refractivity contribution in [1.82, 2.24) is 0 Å². The van der Waals surface area contributed by atoms with E-state index in [-0.39, 0.29) is 23.7 Å². The van der Waals surface area contributed by atoms with Gasteiger partial charge in [-0.1, -0.05) is 33.1 Å². The number of amides is 2. The lowest BCUT2D eigenvalue weighted by atomic mass is 9.88. The van der Waals surface area contributed by atoms with E-state index in [0.29, 0.717) is 17.1 Å². The lowest BCUT2D eigenvalue weighted by Gasteiger charge is -2.22. The zero-order valence-electron chi connectivity index (χ0n) is 15.3. The highest BCUT2D eigenvalue weighted by atomic mass is 16.5. The first-order valence-electron chi connectivity index (χ1n) is 8.97. The molecule has 1 aliphatic carbocycles. The van der Waals surface area contributed by atoms with Crippen LogP contribution < -0.4 is 21.1 Å². The van der Waals surface area contributed by atoms with Gasteiger partial charge in [0, 0.05) is 11.6 Å². The van der Waals surface area contributed by atoms with Crippen LogP contribution in [0.25, 0.3) is 0 Å². The fraction of sp³-hybridized carbons (Fsp3) is 0.579. The van der Waals surface area contributed by atoms with E-state index < -0.39 is 6.04 Å². The second-order valence-corrected chi connectivity index (χ2v) is 7.00. The van der Waals surface area contributed by atoms with Crippen LogP contribution in [0.3, 0.4) is 0 Å². The molecule has 0 spiro atoms. The van der Waals surface area contributed by atoms with Gasteiger partial charge in [-0.2, -0.15) is 0 Å². The Morgan fingerprint density at radius 2 is 1.84 bits per heavy atom. The Kier molecular flexibility index (Phi) is 6.82. The summed E-state index contributed by atoms with van der Waals surface area (Å²) in [4.78, 5) is 24.6. The molecule has 0 bridgehead atoms. The predicted molar refractivity (Wildman–Crippen MR) is 99.6 cm³/mol. The van der Waals surface area contributed by atoms with Gasteiger partial charge in [0.25, 0.3) is 0 Å². The molecular weight excluding hydrogens is 318 g/mol. The van der Waals surface area contributed by atoms with E-state index in [1.165, 1.54) is 6.42 Å². The Morgan fingerprint density at radius 3 is 2.44 bits per heavy atom. The number of hydrogen-bond acceptors (Lipinski definition) is 4. The van der Waals surface area contributed by atoms with E-state index in [2.05, 4.69) is 10.6 Å². The third-order valence-electron chi connectivity index (χ3n) is 4.72. The normalized spacial score (nSPS) is 16.4. The smallest absolute Gasteiger partial charge is 0.241 e. The number of ether oxygens (including phenoxy) is 1. The van der Waals surface area contributed by atoms with Crippen LogP contribution in [0.5, 0.6) is 5.75 Å². The van der Waals surface area contributed by atoms with Gasteiger partial charge in [0.1, 0.15) is 5.75 Å². The molecule has 0 radical (unpaired) electrons. The molecule has 4 N–H and O–H groups in total. The molecule has 1 aliphatic rings. The molecule has 2 amide bonds. The van der Waals surface area contributed by atoms with E-state index in [1.54, 1.807) is 25.3 Å². The summed E-state index contributed by atoms with van der Waals surface area (Å²) in [6, 6.07) is 4.60. The van der Waals surface area contributed by atoms with Crippen molar-refractivity contribution in [2.75, 3.05) is 17.7 Å². The van der Waals surface area contributed by atoms with E-state index >= 15 is 0 Å². The summed E-state index contributed by atoms with van der Waals surface area (Å²) in [6.07, 6.45) is 5.24. The van der Waals surface area contributed by atoms with Crippen LogP contribution in [0.15, 0.2) is 18.2 Å². The molecule has 0 heterocycles. The van der Waals surface area contributed by atoms with Gasteiger partial charge in [-0.05, 0) is 37.0 Å². The number of benzene rings is 1. The number of methoxy groups -OCH3 is 1. The zero-order valence-corrected chi connectivity index (χ0v) is 15.3. The Labute approximate surface area is 149 Å². The predicted octanol–water partition coefficient (Wildman–Crippen LogP) is 3.14. The van der Waals surface area contributed by atoms with Crippen molar-refractivity contribution in [2.45, 2.75) is 52.0 Å². The summed E-state index contributed by atoms with van der Waals surface area (Å²) in [5.41, 5.74) is 7.02. The van der Waals surface area contributed by atoms with E-state index in [1.807, 2.05) is 13.8 Å². The molecule has 0 saturated heterocycles. The largest absolute Gasteiger partial charge is 0.495 e. The second-order valence-electron chi connectivity index (χ2n) is 7.00. The minimum atomic E-state index is -0.581. The summed E-state index contributed by atoms with van der Waals surface area (Å²) >= 11 is 0. The molecule has 6 nitrogen and oxygen atoms in total. The monoisotopic (exact) mass is 347 g/mol. The minimum Gasteiger partial charge on any atom is -0.495 e. The van der Waals surface area contributed by atoms with Crippen LogP contribution >= 0.6 is 0 Å². The molecule has 25 heavy (non-hydrogen) atoms. The van der Waals surface area contributed by atoms with Crippen molar-refractivity contribution in [1.29, 1.82) is 0 Å². The SMILES string of the molecule is COc1ccc(NC(=O)[C@@H](N)C(C)C)cc1NC(=O)C1CCCCC1. The maximum atomic E-state index is 12.5. The molecule has 138 valence electrons. The molecule has 1 aromatic carbocycles. The van der Waals surface area contributed by atoms with Gasteiger partial charge in [-0.3, -0.25) is 9.59 Å². The lowest BCUT2D eigenvalue weighted by molar-refractivity contribution is -0.120. The van der Waals surface area contributed by atoms with Gasteiger partial charge in [0.15, 0.2) is 0 Å². The molecule has 1 atom stereocenters. The molecular formula is C19H29N3O3. The van der Waals surface area contributed by atoms with Crippen molar-refractivity contribution in [2.24, 2.45) is 17.6 Å². The van der Waals surface area contributed by atoms with Crippen molar-refractivity contribution < 1.29 is 14.3 Å². The molecule has 1 aromatic rings. The van der Waals surface area contributed by atoms with E-state index in [4.69, 9.17) is 10.5 Å². The van der Waals surface area contributed by atoms with Gasteiger partial charge in [0.2, 0.25) is 11.8 Å². The van der Waals surface area contributed by atoms with Crippen molar-refractivity contribution >= 4 is 23.2 Å². The number of carbonyl (C=O) groups excluding carboxylic acids is 2. The maximum Gasteiger partial charge on any atom is 0.241 e. The highest BCUT2D eigenvalue weighted by molar-refractivity contribution is 5.98. The first kappa shape index (κ1) is 19.2. The van der Waals surface area contributed by atoms with Gasteiger partial charge >= 0.3 is 0 Å². The highest BCUT2D eigenvalue weighted by Crippen LogP contribution is 2.30. The zero-order chi connectivity index (χ0) is 18.4. The molecule has 0 aliphatic heterocycles. The average Bonchev–Trinajstić information content (AvgIpc) is 2.61. The fourth-order valence-corrected chi connectivity index (χ4v) is 3.01. The molecule has 2 rings (SSSR count). The molecule has 0 aromatic heterocycles. The molecule has 1 fully saturated rings. The fourth-order valence-electron chi connectivity index (χ4n) is 3.01. The van der Waals surface area contributed by atoms with Gasteiger partial charge in [0.05, 0.1) is 18.8 Å².